The quantitative estimate of drug-likeness (QED) is 0.837. The molecule has 1 heterocycles. The summed E-state index contributed by atoms with van der Waals surface area (Å²) in [6, 6.07) is 9.80. The largest absolute Gasteiger partial charge is 0.354 e. The van der Waals surface area contributed by atoms with Gasteiger partial charge in [0.2, 0.25) is 5.91 Å². The number of amides is 1. The number of carbonyl (C=O) groups is 1. The van der Waals surface area contributed by atoms with Crippen LogP contribution in [0.15, 0.2) is 46.1 Å². The number of hydrogen-bond donors (Lipinski definition) is 2. The number of H-pyrrole nitrogens is 1. The summed E-state index contributed by atoms with van der Waals surface area (Å²) in [6.45, 7) is 5.02. The first-order chi connectivity index (χ1) is 12.0. The lowest BCUT2D eigenvalue weighted by molar-refractivity contribution is -0.122. The van der Waals surface area contributed by atoms with Gasteiger partial charge in [0.05, 0.1) is 0 Å². The van der Waals surface area contributed by atoms with Gasteiger partial charge < -0.3 is 5.32 Å². The van der Waals surface area contributed by atoms with Crippen LogP contribution in [0.2, 0.25) is 0 Å². The Labute approximate surface area is 145 Å². The van der Waals surface area contributed by atoms with Crippen LogP contribution in [0.4, 0.5) is 0 Å². The summed E-state index contributed by atoms with van der Waals surface area (Å²) in [6.07, 6.45) is 2.30. The fourth-order valence-electron chi connectivity index (χ4n) is 3.03. The van der Waals surface area contributed by atoms with E-state index in [9.17, 15) is 14.4 Å². The maximum atomic E-state index is 12.2. The van der Waals surface area contributed by atoms with Gasteiger partial charge in [-0.15, -0.1) is 0 Å². The molecular weight excluding hydrogens is 318 g/mol. The minimum absolute atomic E-state index is 0.0113. The third kappa shape index (κ3) is 4.07. The van der Waals surface area contributed by atoms with Crippen molar-refractivity contribution in [2.45, 2.75) is 38.6 Å². The second-order valence-electron chi connectivity index (χ2n) is 6.86. The monoisotopic (exact) mass is 341 g/mol. The average Bonchev–Trinajstić information content (AvgIpc) is 3.37. The Morgan fingerprint density at radius 2 is 1.96 bits per heavy atom. The summed E-state index contributed by atoms with van der Waals surface area (Å²) >= 11 is 0. The summed E-state index contributed by atoms with van der Waals surface area (Å²) in [5, 5.41) is 2.87. The summed E-state index contributed by atoms with van der Waals surface area (Å²) in [7, 11) is 0. The van der Waals surface area contributed by atoms with Gasteiger partial charge in [-0.2, -0.15) is 0 Å². The predicted octanol–water partition coefficient (Wildman–Crippen LogP) is 1.58. The van der Waals surface area contributed by atoms with Crippen LogP contribution >= 0.6 is 0 Å². The maximum absolute atomic E-state index is 12.2. The number of nitrogens with one attached hydrogen (secondary N) is 2. The van der Waals surface area contributed by atoms with Crippen LogP contribution in [-0.4, -0.2) is 22.0 Å². The molecule has 2 aromatic rings. The Morgan fingerprint density at radius 3 is 2.60 bits per heavy atom. The van der Waals surface area contributed by atoms with Gasteiger partial charge in [0.25, 0.3) is 5.56 Å². The number of aromatic nitrogens is 2. The minimum atomic E-state index is -0.462. The van der Waals surface area contributed by atoms with E-state index in [1.807, 2.05) is 0 Å². The van der Waals surface area contributed by atoms with Crippen molar-refractivity contribution in [3.05, 3.63) is 68.5 Å². The highest BCUT2D eigenvalue weighted by atomic mass is 16.2. The molecule has 0 spiro atoms. The number of benzene rings is 1. The van der Waals surface area contributed by atoms with Gasteiger partial charge in [-0.05, 0) is 29.4 Å². The van der Waals surface area contributed by atoms with E-state index in [1.54, 1.807) is 0 Å². The van der Waals surface area contributed by atoms with Crippen molar-refractivity contribution < 1.29 is 4.79 Å². The highest BCUT2D eigenvalue weighted by molar-refractivity contribution is 5.82. The zero-order chi connectivity index (χ0) is 18.0. The van der Waals surface area contributed by atoms with E-state index < -0.39 is 11.2 Å². The summed E-state index contributed by atoms with van der Waals surface area (Å²) in [5.74, 6) is 0.827. The van der Waals surface area contributed by atoms with Crippen LogP contribution in [0.1, 0.15) is 43.2 Å². The molecule has 0 aliphatic heterocycles. The van der Waals surface area contributed by atoms with Crippen LogP contribution in [0.25, 0.3) is 0 Å². The number of nitrogens with zero attached hydrogens (tertiary/aromatic N) is 1. The molecule has 25 heavy (non-hydrogen) atoms. The van der Waals surface area contributed by atoms with Crippen molar-refractivity contribution in [2.24, 2.45) is 5.92 Å². The molecule has 1 fully saturated rings. The fraction of sp³-hybridized carbons (Fsp3) is 0.421. The first-order valence-corrected chi connectivity index (χ1v) is 8.63. The fourth-order valence-corrected chi connectivity index (χ4v) is 3.03. The molecule has 6 nitrogen and oxygen atoms in total. The molecule has 2 unspecified atom stereocenters. The molecular formula is C19H23N3O3. The molecule has 2 atom stereocenters. The molecule has 1 aliphatic carbocycles. The lowest BCUT2D eigenvalue weighted by atomic mass is 10.00. The lowest BCUT2D eigenvalue weighted by Gasteiger charge is -2.08. The summed E-state index contributed by atoms with van der Waals surface area (Å²) < 4.78 is 1.37. The molecule has 132 valence electrons. The summed E-state index contributed by atoms with van der Waals surface area (Å²) in [5.41, 5.74) is 1.63. The molecule has 0 saturated heterocycles. The van der Waals surface area contributed by atoms with Gasteiger partial charge >= 0.3 is 5.69 Å². The first kappa shape index (κ1) is 17.2. The van der Waals surface area contributed by atoms with Crippen molar-refractivity contribution in [1.82, 2.24) is 14.9 Å². The normalized spacial score (nSPS) is 19.0. The lowest BCUT2D eigenvalue weighted by Crippen LogP contribution is -2.34. The zero-order valence-corrected chi connectivity index (χ0v) is 14.5. The Balaban J connectivity index is 1.50. The second-order valence-corrected chi connectivity index (χ2v) is 6.86. The van der Waals surface area contributed by atoms with Crippen molar-refractivity contribution in [3.8, 4) is 0 Å². The predicted molar refractivity (Wildman–Crippen MR) is 95.7 cm³/mol. The van der Waals surface area contributed by atoms with E-state index in [0.717, 1.165) is 6.42 Å². The van der Waals surface area contributed by atoms with Gasteiger partial charge in [-0.25, -0.2) is 4.79 Å². The second kappa shape index (κ2) is 7.09. The van der Waals surface area contributed by atoms with E-state index in [0.29, 0.717) is 19.0 Å². The van der Waals surface area contributed by atoms with Crippen molar-refractivity contribution in [2.75, 3.05) is 6.54 Å². The SMILES string of the molecule is CC(C)c1ccc(C2CC2C(=O)NCCn2ccc(=O)[nH]c2=O)cc1. The molecule has 0 radical (unpaired) electrons. The van der Waals surface area contributed by atoms with Gasteiger partial charge in [0.15, 0.2) is 0 Å². The van der Waals surface area contributed by atoms with Crippen LogP contribution in [0, 0.1) is 5.92 Å². The van der Waals surface area contributed by atoms with Gasteiger partial charge in [0.1, 0.15) is 0 Å². The van der Waals surface area contributed by atoms with Crippen LogP contribution < -0.4 is 16.6 Å². The molecule has 1 saturated carbocycles. The Bertz CT molecular complexity index is 864. The first-order valence-electron chi connectivity index (χ1n) is 8.63. The molecule has 1 aliphatic rings. The molecule has 2 N–H and O–H groups in total. The number of aromatic amines is 1. The Morgan fingerprint density at radius 1 is 1.24 bits per heavy atom. The van der Waals surface area contributed by atoms with Crippen molar-refractivity contribution >= 4 is 5.91 Å². The van der Waals surface area contributed by atoms with E-state index in [-0.39, 0.29) is 17.7 Å². The molecule has 6 heteroatoms. The topological polar surface area (TPSA) is 84.0 Å². The van der Waals surface area contributed by atoms with Crippen LogP contribution in [-0.2, 0) is 11.3 Å². The van der Waals surface area contributed by atoms with E-state index >= 15 is 0 Å². The Kier molecular flexibility index (Phi) is 4.88. The summed E-state index contributed by atoms with van der Waals surface area (Å²) in [4.78, 5) is 37.0. The Hall–Kier alpha value is -2.63. The van der Waals surface area contributed by atoms with Gasteiger partial charge in [-0.3, -0.25) is 19.1 Å². The van der Waals surface area contributed by atoms with E-state index in [2.05, 4.69) is 48.4 Å². The van der Waals surface area contributed by atoms with Crippen molar-refractivity contribution in [1.29, 1.82) is 0 Å². The number of rotatable bonds is 6. The van der Waals surface area contributed by atoms with Crippen molar-refractivity contribution in [3.63, 3.8) is 0 Å². The van der Waals surface area contributed by atoms with Gasteiger partial charge in [0, 0.05) is 31.3 Å². The van der Waals surface area contributed by atoms with Crippen LogP contribution in [0.5, 0.6) is 0 Å². The van der Waals surface area contributed by atoms with E-state index in [4.69, 9.17) is 0 Å². The van der Waals surface area contributed by atoms with E-state index in [1.165, 1.54) is 28.0 Å². The molecule has 1 amide bonds. The van der Waals surface area contributed by atoms with Crippen LogP contribution in [0.3, 0.4) is 0 Å². The smallest absolute Gasteiger partial charge is 0.328 e. The highest BCUT2D eigenvalue weighted by Gasteiger charge is 2.43. The number of hydrogen-bond acceptors (Lipinski definition) is 3. The standard InChI is InChI=1S/C19H23N3O3/c1-12(2)13-3-5-14(6-4-13)15-11-16(15)18(24)20-8-10-22-9-7-17(23)21-19(22)25/h3-7,9,12,15-16H,8,10-11H2,1-2H3,(H,20,24)(H,21,23,25). The molecule has 0 bridgehead atoms. The third-order valence-corrected chi connectivity index (χ3v) is 4.71. The maximum Gasteiger partial charge on any atom is 0.328 e. The molecule has 3 rings (SSSR count). The third-order valence-electron chi connectivity index (χ3n) is 4.71. The number of carbonyl (C=O) groups excluding carboxylic acids is 1. The molecule has 1 aromatic heterocycles. The molecule has 1 aromatic carbocycles. The minimum Gasteiger partial charge on any atom is -0.354 e. The van der Waals surface area contributed by atoms with Gasteiger partial charge in [-0.1, -0.05) is 38.1 Å². The zero-order valence-electron chi connectivity index (χ0n) is 14.5. The average molecular weight is 341 g/mol. The highest BCUT2D eigenvalue weighted by Crippen LogP contribution is 2.47.